The van der Waals surface area contributed by atoms with Crippen LogP contribution in [0.15, 0.2) is 101 Å². The lowest BCUT2D eigenvalue weighted by atomic mass is 9.73. The molecule has 0 radical (unpaired) electrons. The van der Waals surface area contributed by atoms with E-state index in [-0.39, 0.29) is 6.23 Å². The van der Waals surface area contributed by atoms with Crippen LogP contribution in [0.5, 0.6) is 0 Å². The first-order valence-corrected chi connectivity index (χ1v) is 14.7. The molecule has 3 aliphatic rings. The smallest absolute Gasteiger partial charge is 0.240 e. The third kappa shape index (κ3) is 5.20. The lowest BCUT2D eigenvalue weighted by molar-refractivity contribution is -0.0375. The van der Waals surface area contributed by atoms with Crippen LogP contribution >= 0.6 is 0 Å². The Hall–Kier alpha value is -4.16. The molecule has 0 N–H and O–H groups in total. The van der Waals surface area contributed by atoms with E-state index in [1.807, 2.05) is 12.1 Å². The number of aromatic nitrogens is 2. The van der Waals surface area contributed by atoms with Crippen LogP contribution in [0.1, 0.15) is 67.0 Å². The summed E-state index contributed by atoms with van der Waals surface area (Å²) < 4.78 is 23.1. The molecule has 7 rings (SSSR count). The Morgan fingerprint density at radius 1 is 0.854 bits per heavy atom. The lowest BCUT2D eigenvalue weighted by Crippen LogP contribution is -2.19. The van der Waals surface area contributed by atoms with Crippen molar-refractivity contribution in [3.05, 3.63) is 119 Å². The standard InChI is InChI=1S/C35H33FN4O/c36-35-30-21-29(18-19-31(30)40(39-35)32-11-4-5-20-41-32)34(33(27-9-6-10-27)26-7-2-1-3-8-26)28-16-14-24(15-17-28)12-13-25-22-37-38-23-25/h1-3,7-8,12-19,21-22,27,32H,4-6,9-11,20,23H2/b13-12+,34-33-. The van der Waals surface area contributed by atoms with Gasteiger partial charge in [-0.2, -0.15) is 14.6 Å². The Bertz CT molecular complexity index is 1670. The molecule has 2 aliphatic heterocycles. The molecule has 0 bridgehead atoms. The molecule has 1 aromatic heterocycles. The Balaban J connectivity index is 1.35. The molecule has 1 saturated carbocycles. The number of fused-ring (bicyclic) bond motifs is 1. The summed E-state index contributed by atoms with van der Waals surface area (Å²) in [5.41, 5.74) is 8.85. The van der Waals surface area contributed by atoms with Crippen molar-refractivity contribution < 1.29 is 9.13 Å². The molecule has 1 aliphatic carbocycles. The highest BCUT2D eigenvalue weighted by molar-refractivity contribution is 6.01. The molecule has 41 heavy (non-hydrogen) atoms. The van der Waals surface area contributed by atoms with Crippen molar-refractivity contribution in [1.82, 2.24) is 9.78 Å². The SMILES string of the molecule is Fc1nn(C2CCCCO2)c2ccc(/C(=C(/c3ccccc3)C3CCC3)c3ccc(/C=C/C4=CN=NC4)cc3)cc12. The molecule has 3 heterocycles. The molecule has 3 aromatic carbocycles. The van der Waals surface area contributed by atoms with E-state index in [0.29, 0.717) is 24.5 Å². The maximum atomic E-state index is 15.4. The van der Waals surface area contributed by atoms with Gasteiger partial charge in [-0.15, -0.1) is 5.10 Å². The van der Waals surface area contributed by atoms with Gasteiger partial charge in [0.05, 0.1) is 23.6 Å². The van der Waals surface area contributed by atoms with E-state index in [9.17, 15) is 0 Å². The molecule has 2 fully saturated rings. The van der Waals surface area contributed by atoms with Crippen LogP contribution in [0.4, 0.5) is 4.39 Å². The summed E-state index contributed by atoms with van der Waals surface area (Å²) in [5.74, 6) is 0.0214. The van der Waals surface area contributed by atoms with Crippen molar-refractivity contribution in [3.8, 4) is 0 Å². The highest BCUT2D eigenvalue weighted by atomic mass is 19.1. The third-order valence-electron chi connectivity index (χ3n) is 8.49. The van der Waals surface area contributed by atoms with Gasteiger partial charge >= 0.3 is 0 Å². The van der Waals surface area contributed by atoms with Crippen molar-refractivity contribution in [3.63, 3.8) is 0 Å². The summed E-state index contributed by atoms with van der Waals surface area (Å²) >= 11 is 0. The van der Waals surface area contributed by atoms with Crippen molar-refractivity contribution in [1.29, 1.82) is 0 Å². The molecule has 0 spiro atoms. The van der Waals surface area contributed by atoms with Crippen LogP contribution < -0.4 is 0 Å². The lowest BCUT2D eigenvalue weighted by Gasteiger charge is -2.31. The number of ether oxygens (including phenoxy) is 1. The van der Waals surface area contributed by atoms with Crippen LogP contribution in [-0.4, -0.2) is 22.9 Å². The zero-order chi connectivity index (χ0) is 27.6. The Morgan fingerprint density at radius 3 is 2.39 bits per heavy atom. The molecule has 6 heteroatoms. The third-order valence-corrected chi connectivity index (χ3v) is 8.49. The Labute approximate surface area is 239 Å². The van der Waals surface area contributed by atoms with Gasteiger partial charge in [-0.3, -0.25) is 0 Å². The number of hydrogen-bond acceptors (Lipinski definition) is 4. The fraction of sp³-hybridized carbons (Fsp3) is 0.286. The minimum absolute atomic E-state index is 0.214. The monoisotopic (exact) mass is 544 g/mol. The van der Waals surface area contributed by atoms with E-state index in [4.69, 9.17) is 4.74 Å². The fourth-order valence-corrected chi connectivity index (χ4v) is 6.11. The summed E-state index contributed by atoms with van der Waals surface area (Å²) in [5, 5.41) is 12.8. The topological polar surface area (TPSA) is 51.8 Å². The van der Waals surface area contributed by atoms with Crippen LogP contribution in [-0.2, 0) is 4.74 Å². The van der Waals surface area contributed by atoms with E-state index in [1.165, 1.54) is 17.6 Å². The summed E-state index contributed by atoms with van der Waals surface area (Å²) in [6.45, 7) is 1.32. The molecule has 1 unspecified atom stereocenters. The Morgan fingerprint density at radius 2 is 1.68 bits per heavy atom. The second-order valence-corrected chi connectivity index (χ2v) is 11.1. The minimum Gasteiger partial charge on any atom is -0.356 e. The molecule has 1 atom stereocenters. The van der Waals surface area contributed by atoms with Gasteiger partial charge in [0.2, 0.25) is 5.95 Å². The number of halogens is 1. The predicted octanol–water partition coefficient (Wildman–Crippen LogP) is 9.00. The number of hydrogen-bond donors (Lipinski definition) is 0. The van der Waals surface area contributed by atoms with Crippen LogP contribution in [0.3, 0.4) is 0 Å². The quantitative estimate of drug-likeness (QED) is 0.218. The maximum absolute atomic E-state index is 15.4. The Kier molecular flexibility index (Phi) is 7.15. The fourth-order valence-electron chi connectivity index (χ4n) is 6.11. The number of benzene rings is 3. The first-order chi connectivity index (χ1) is 20.2. The second kappa shape index (κ2) is 11.4. The van der Waals surface area contributed by atoms with Gasteiger partial charge in [0.15, 0.2) is 6.23 Å². The number of allylic oxidation sites excluding steroid dienone is 1. The summed E-state index contributed by atoms with van der Waals surface area (Å²) in [4.78, 5) is 0. The highest BCUT2D eigenvalue weighted by Gasteiger charge is 2.28. The van der Waals surface area contributed by atoms with Crippen LogP contribution in [0, 0.1) is 11.9 Å². The van der Waals surface area contributed by atoms with Crippen LogP contribution in [0.25, 0.3) is 28.1 Å². The summed E-state index contributed by atoms with van der Waals surface area (Å²) in [6.07, 6.45) is 12.3. The second-order valence-electron chi connectivity index (χ2n) is 11.1. The normalized spacial score (nSPS) is 19.9. The first kappa shape index (κ1) is 25.8. The molecular formula is C35H33FN4O. The summed E-state index contributed by atoms with van der Waals surface area (Å²) in [7, 11) is 0. The predicted molar refractivity (Wildman–Crippen MR) is 162 cm³/mol. The zero-order valence-corrected chi connectivity index (χ0v) is 23.0. The van der Waals surface area contributed by atoms with E-state index in [2.05, 4.69) is 88.1 Å². The molecule has 0 amide bonds. The van der Waals surface area contributed by atoms with Crippen LogP contribution in [0.2, 0.25) is 0 Å². The van der Waals surface area contributed by atoms with E-state index in [1.54, 1.807) is 10.9 Å². The van der Waals surface area contributed by atoms with Crippen molar-refractivity contribution in [2.24, 2.45) is 16.1 Å². The van der Waals surface area contributed by atoms with Gasteiger partial charge in [0.25, 0.3) is 0 Å². The minimum atomic E-state index is -0.444. The van der Waals surface area contributed by atoms with Gasteiger partial charge in [-0.25, -0.2) is 4.68 Å². The molecular weight excluding hydrogens is 511 g/mol. The number of rotatable bonds is 7. The van der Waals surface area contributed by atoms with Crippen molar-refractivity contribution in [2.45, 2.75) is 44.8 Å². The van der Waals surface area contributed by atoms with Gasteiger partial charge in [0, 0.05) is 6.61 Å². The summed E-state index contributed by atoms with van der Waals surface area (Å²) in [6, 6.07) is 25.5. The average molecular weight is 545 g/mol. The first-order valence-electron chi connectivity index (χ1n) is 14.7. The molecule has 1 saturated heterocycles. The number of azo groups is 1. The number of nitrogens with zero attached hydrogens (tertiary/aromatic N) is 4. The average Bonchev–Trinajstić information content (AvgIpc) is 3.64. The van der Waals surface area contributed by atoms with E-state index in [0.717, 1.165) is 65.5 Å². The van der Waals surface area contributed by atoms with Crippen molar-refractivity contribution >= 4 is 28.1 Å². The van der Waals surface area contributed by atoms with Gasteiger partial charge in [0.1, 0.15) is 0 Å². The van der Waals surface area contributed by atoms with E-state index < -0.39 is 5.95 Å². The molecule has 4 aromatic rings. The highest BCUT2D eigenvalue weighted by Crippen LogP contribution is 2.45. The van der Waals surface area contributed by atoms with Crippen molar-refractivity contribution in [2.75, 3.05) is 13.2 Å². The molecule has 5 nitrogen and oxygen atoms in total. The largest absolute Gasteiger partial charge is 0.356 e. The van der Waals surface area contributed by atoms with Gasteiger partial charge < -0.3 is 4.74 Å². The molecule has 206 valence electrons. The zero-order valence-electron chi connectivity index (χ0n) is 23.0. The van der Waals surface area contributed by atoms with Gasteiger partial charge in [-0.05, 0) is 89.1 Å². The van der Waals surface area contributed by atoms with E-state index >= 15 is 4.39 Å². The maximum Gasteiger partial charge on any atom is 0.240 e. The van der Waals surface area contributed by atoms with Gasteiger partial charge in [-0.1, -0.05) is 79.2 Å².